The van der Waals surface area contributed by atoms with Gasteiger partial charge in [-0.25, -0.2) is 9.79 Å². The molecule has 0 amide bonds. The number of nitrogens with two attached hydrogens (primary N) is 3. The van der Waals surface area contributed by atoms with Crippen molar-refractivity contribution in [1.29, 1.82) is 0 Å². The minimum absolute atomic E-state index is 0.0479. The van der Waals surface area contributed by atoms with Crippen LogP contribution in [-0.2, 0) is 9.53 Å². The molecule has 0 aromatic rings. The van der Waals surface area contributed by atoms with Crippen LogP contribution in [0.4, 0.5) is 0 Å². The quantitative estimate of drug-likeness (QED) is 0.0660. The lowest BCUT2D eigenvalue weighted by Gasteiger charge is -2.26. The Morgan fingerprint density at radius 2 is 1.65 bits per heavy atom. The number of hydrogen-bond acceptors (Lipinski definition) is 6. The van der Waals surface area contributed by atoms with Crippen molar-refractivity contribution in [2.75, 3.05) is 19.8 Å². The van der Waals surface area contributed by atoms with E-state index in [-0.39, 0.29) is 24.6 Å². The summed E-state index contributed by atoms with van der Waals surface area (Å²) in [7, 11) is 0. The first-order valence-corrected chi connectivity index (χ1v) is 13.2. The first-order valence-electron chi connectivity index (χ1n) is 13.2. The largest absolute Gasteiger partial charge is 0.462 e. The summed E-state index contributed by atoms with van der Waals surface area (Å²) in [5.41, 5.74) is 18.1. The standard InChI is InChI=1S/C25H48N6O3/c1-2-3-4-5-6-7-8-9-11-15-20-22(21(16-14-18-32)31-25(28)30-20)23(33)34-19-13-10-12-17-29-24(26)27/h20,32H,2-19H2,1H3,(H4,26,27,29)(H3,28,30,31)/p+1. The number of allylic oxidation sites excluding steroid dienone is 1. The fourth-order valence-electron chi connectivity index (χ4n) is 4.14. The van der Waals surface area contributed by atoms with Crippen LogP contribution < -0.4 is 27.5 Å². The number of carbonyl (C=O) groups is 1. The molecule has 0 saturated heterocycles. The number of ether oxygens (including phenoxy) is 1. The summed E-state index contributed by atoms with van der Waals surface area (Å²) in [6, 6.07) is -0.292. The number of nitrogens with zero attached hydrogens (tertiary/aromatic N) is 1. The van der Waals surface area contributed by atoms with Gasteiger partial charge < -0.3 is 20.9 Å². The van der Waals surface area contributed by atoms with Gasteiger partial charge in [0.05, 0.1) is 24.8 Å². The fraction of sp³-hybridized carbons (Fsp3) is 0.800. The van der Waals surface area contributed by atoms with Gasteiger partial charge in [0.2, 0.25) is 0 Å². The summed E-state index contributed by atoms with van der Waals surface area (Å²) in [6.07, 6.45) is 15.6. The number of aliphatic hydroxyl groups is 1. The lowest BCUT2D eigenvalue weighted by atomic mass is 9.95. The third-order valence-electron chi connectivity index (χ3n) is 6.00. The Labute approximate surface area is 205 Å². The number of unbranched alkanes of at least 4 members (excludes halogenated alkanes) is 10. The summed E-state index contributed by atoms with van der Waals surface area (Å²) in [6.45, 7) is 3.33. The van der Waals surface area contributed by atoms with Crippen molar-refractivity contribution in [3.63, 3.8) is 0 Å². The van der Waals surface area contributed by atoms with E-state index in [1.165, 1.54) is 44.9 Å². The van der Waals surface area contributed by atoms with Crippen molar-refractivity contribution >= 4 is 17.9 Å². The molecule has 1 aliphatic heterocycles. The summed E-state index contributed by atoms with van der Waals surface area (Å²) in [5, 5.41) is 12.3. The fourth-order valence-corrected chi connectivity index (χ4v) is 4.14. The van der Waals surface area contributed by atoms with Crippen molar-refractivity contribution in [2.24, 2.45) is 22.2 Å². The van der Waals surface area contributed by atoms with Gasteiger partial charge in [-0.2, -0.15) is 0 Å². The number of guanidine groups is 2. The zero-order valence-electron chi connectivity index (χ0n) is 21.2. The van der Waals surface area contributed by atoms with Crippen molar-refractivity contribution in [3.8, 4) is 0 Å². The monoisotopic (exact) mass is 481 g/mol. The van der Waals surface area contributed by atoms with Crippen molar-refractivity contribution < 1.29 is 19.6 Å². The molecule has 0 bridgehead atoms. The predicted octanol–water partition coefficient (Wildman–Crippen LogP) is 1.29. The number of esters is 1. The highest BCUT2D eigenvalue weighted by Crippen LogP contribution is 2.25. The second kappa shape index (κ2) is 19.1. The summed E-state index contributed by atoms with van der Waals surface area (Å²) in [5.74, 6) is 0.209. The molecule has 9 heteroatoms. The molecule has 9 N–H and O–H groups in total. The van der Waals surface area contributed by atoms with E-state index in [9.17, 15) is 9.90 Å². The van der Waals surface area contributed by atoms with E-state index in [1.807, 2.05) is 0 Å². The number of aliphatic hydroxyl groups excluding tert-OH is 1. The molecule has 1 heterocycles. The minimum Gasteiger partial charge on any atom is -0.462 e. The van der Waals surface area contributed by atoms with Crippen LogP contribution in [0.2, 0.25) is 0 Å². The summed E-state index contributed by atoms with van der Waals surface area (Å²) >= 11 is 0. The topological polar surface area (TPSA) is 163 Å². The molecule has 1 unspecified atom stereocenters. The SMILES string of the molecule is CCCCCCCCCCCC1N=C(N)NC(CCCO)=C1C(=O)OCCCCC[NH+]=C(N)N. The Hall–Kier alpha value is -2.29. The van der Waals surface area contributed by atoms with Crippen molar-refractivity contribution in [3.05, 3.63) is 11.3 Å². The average Bonchev–Trinajstić information content (AvgIpc) is 2.80. The Morgan fingerprint density at radius 3 is 2.29 bits per heavy atom. The van der Waals surface area contributed by atoms with E-state index >= 15 is 0 Å². The van der Waals surface area contributed by atoms with Crippen molar-refractivity contribution in [1.82, 2.24) is 5.32 Å². The van der Waals surface area contributed by atoms with E-state index in [0.29, 0.717) is 37.5 Å². The lowest BCUT2D eigenvalue weighted by molar-refractivity contribution is -0.459. The van der Waals surface area contributed by atoms with Gasteiger partial charge in [0.25, 0.3) is 0 Å². The van der Waals surface area contributed by atoms with E-state index in [2.05, 4.69) is 22.2 Å². The van der Waals surface area contributed by atoms with Crippen LogP contribution in [0.3, 0.4) is 0 Å². The molecule has 196 valence electrons. The molecular formula is C25H49N6O3+. The van der Waals surface area contributed by atoms with Crippen LogP contribution in [0.5, 0.6) is 0 Å². The molecule has 1 rings (SSSR count). The highest BCUT2D eigenvalue weighted by Gasteiger charge is 2.29. The van der Waals surface area contributed by atoms with E-state index < -0.39 is 0 Å². The minimum atomic E-state index is -0.338. The summed E-state index contributed by atoms with van der Waals surface area (Å²) in [4.78, 5) is 20.4. The normalized spacial score (nSPS) is 15.6. The smallest absolute Gasteiger partial charge is 0.338 e. The number of carbonyl (C=O) groups excluding carboxylic acids is 1. The predicted molar refractivity (Wildman–Crippen MR) is 138 cm³/mol. The Balaban J connectivity index is 2.54. The van der Waals surface area contributed by atoms with E-state index in [1.54, 1.807) is 0 Å². The maximum absolute atomic E-state index is 13.0. The molecule has 0 aromatic heterocycles. The van der Waals surface area contributed by atoms with Crippen LogP contribution in [0.25, 0.3) is 0 Å². The highest BCUT2D eigenvalue weighted by atomic mass is 16.5. The average molecular weight is 482 g/mol. The molecule has 0 spiro atoms. The molecule has 0 aliphatic carbocycles. The zero-order chi connectivity index (χ0) is 25.0. The molecule has 0 radical (unpaired) electrons. The number of hydrogen-bond donors (Lipinski definition) is 6. The van der Waals surface area contributed by atoms with Crippen molar-refractivity contribution in [2.45, 2.75) is 109 Å². The highest BCUT2D eigenvalue weighted by molar-refractivity contribution is 5.94. The Kier molecular flexibility index (Phi) is 16.7. The van der Waals surface area contributed by atoms with Gasteiger partial charge >= 0.3 is 11.9 Å². The molecule has 1 atom stereocenters. The van der Waals surface area contributed by atoms with E-state index in [4.69, 9.17) is 21.9 Å². The van der Waals surface area contributed by atoms with Crippen LogP contribution in [0, 0.1) is 0 Å². The number of nitrogens with one attached hydrogen (secondary N) is 2. The third-order valence-corrected chi connectivity index (χ3v) is 6.00. The van der Waals surface area contributed by atoms with Crippen LogP contribution in [-0.4, -0.2) is 48.8 Å². The van der Waals surface area contributed by atoms with E-state index in [0.717, 1.165) is 44.2 Å². The second-order valence-corrected chi connectivity index (χ2v) is 9.07. The lowest BCUT2D eigenvalue weighted by Crippen LogP contribution is -2.78. The van der Waals surface area contributed by atoms with Gasteiger partial charge in [-0.15, -0.1) is 0 Å². The maximum atomic E-state index is 13.0. The molecule has 0 aromatic carbocycles. The number of rotatable bonds is 20. The van der Waals surface area contributed by atoms with Crippen LogP contribution in [0.15, 0.2) is 16.3 Å². The third kappa shape index (κ3) is 13.4. The summed E-state index contributed by atoms with van der Waals surface area (Å²) < 4.78 is 5.59. The molecular weight excluding hydrogens is 432 g/mol. The molecule has 0 fully saturated rings. The molecule has 1 aliphatic rings. The van der Waals surface area contributed by atoms with Gasteiger partial charge in [-0.3, -0.25) is 16.5 Å². The Bertz CT molecular complexity index is 659. The van der Waals surface area contributed by atoms with Crippen LogP contribution in [0.1, 0.15) is 103 Å². The molecule has 34 heavy (non-hydrogen) atoms. The van der Waals surface area contributed by atoms with Gasteiger partial charge in [-0.1, -0.05) is 64.7 Å². The zero-order valence-corrected chi connectivity index (χ0v) is 21.2. The van der Waals surface area contributed by atoms with Crippen LogP contribution >= 0.6 is 0 Å². The molecule has 9 nitrogen and oxygen atoms in total. The first-order chi connectivity index (χ1) is 16.5. The van der Waals surface area contributed by atoms with Gasteiger partial charge in [0.1, 0.15) is 0 Å². The molecule has 0 saturated carbocycles. The Morgan fingerprint density at radius 1 is 1.00 bits per heavy atom. The first kappa shape index (κ1) is 29.7. The van der Waals surface area contributed by atoms with Gasteiger partial charge in [-0.05, 0) is 38.5 Å². The van der Waals surface area contributed by atoms with Gasteiger partial charge in [0, 0.05) is 12.3 Å². The number of aliphatic imine (C=N–C) groups is 1. The maximum Gasteiger partial charge on any atom is 0.338 e. The second-order valence-electron chi connectivity index (χ2n) is 9.07. The van der Waals surface area contributed by atoms with Gasteiger partial charge in [0.15, 0.2) is 5.96 Å².